The highest BCUT2D eigenvalue weighted by Crippen LogP contribution is 2.38. The fraction of sp³-hybridized carbons (Fsp3) is 0.556. The van der Waals surface area contributed by atoms with Crippen LogP contribution in [0.5, 0.6) is 11.6 Å². The highest BCUT2D eigenvalue weighted by molar-refractivity contribution is 7.13. The number of phenols is 1. The minimum atomic E-state index is -0.810. The number of aliphatic hydroxyl groups is 1. The third-order valence-corrected chi connectivity index (χ3v) is 16.9. The van der Waals surface area contributed by atoms with Gasteiger partial charge in [0.2, 0.25) is 11.8 Å². The van der Waals surface area contributed by atoms with Crippen molar-refractivity contribution in [2.24, 2.45) is 11.8 Å². The summed E-state index contributed by atoms with van der Waals surface area (Å²) >= 11 is 1.60. The van der Waals surface area contributed by atoms with E-state index < -0.39 is 18.1 Å². The number of piperidine rings is 2. The number of benzene rings is 2. The number of piperazine rings is 1. The normalized spacial score (nSPS) is 22.3. The predicted molar refractivity (Wildman–Crippen MR) is 278 cm³/mol. The van der Waals surface area contributed by atoms with Crippen molar-refractivity contribution in [3.63, 3.8) is 0 Å². The molecule has 2 aromatic carbocycles. The van der Waals surface area contributed by atoms with Crippen LogP contribution in [0, 0.1) is 18.8 Å². The highest BCUT2D eigenvalue weighted by Gasteiger charge is 2.44. The number of aromatic nitrogens is 4. The van der Waals surface area contributed by atoms with E-state index in [4.69, 9.17) is 9.26 Å². The second-order valence-electron chi connectivity index (χ2n) is 21.0. The second kappa shape index (κ2) is 22.2. The van der Waals surface area contributed by atoms with E-state index in [1.54, 1.807) is 23.5 Å². The first kappa shape index (κ1) is 49.9. The molecule has 8 heterocycles. The molecule has 0 aliphatic carbocycles. The fourth-order valence-electron chi connectivity index (χ4n) is 11.7. The van der Waals surface area contributed by atoms with Crippen LogP contribution in [0.1, 0.15) is 88.3 Å². The molecule has 4 fully saturated rings. The molecule has 0 saturated carbocycles. The van der Waals surface area contributed by atoms with Gasteiger partial charge in [0, 0.05) is 63.4 Å². The molecular weight excluding hydrogens is 931 g/mol. The minimum absolute atomic E-state index is 0.0712. The Bertz CT molecular complexity index is 2630. The van der Waals surface area contributed by atoms with Crippen LogP contribution in [-0.4, -0.2) is 165 Å². The maximum Gasteiger partial charge on any atom is 0.254 e. The standard InChI is InChI=1S/C54H71N11O6S/c1-34(2)50(54(69)65-32-42(66)27-46(65)53(68)57-35(3)38-9-11-39(12-10-38)51-36(4)56-33-72-51)48-29-49(60-71-48)70-26-25-62-19-14-37(15-20-62)13-18-61-21-16-40(17-22-61)63-23-24-64-41(31-63)30-55-52-45(64)28-44(58-59-52)43-7-5-6-8-47(43)67/h5-12,28-29,33-35,37,40-42,46,50,66-67H,13-27,30-32H2,1-4H3,(H,55,59)(H,57,68)/t35-,41-,42+,46-,50+/m0/s1. The number of β-amino-alcohol motifs (C(OH)–C–C–N with tert-alkyl or cyclic N) is 1. The van der Waals surface area contributed by atoms with Crippen LogP contribution in [0.3, 0.4) is 0 Å². The quantitative estimate of drug-likeness (QED) is 0.0849. The summed E-state index contributed by atoms with van der Waals surface area (Å²) in [5.41, 5.74) is 7.32. The number of nitrogens with one attached hydrogen (secondary N) is 2. The summed E-state index contributed by atoms with van der Waals surface area (Å²) in [5, 5.41) is 40.9. The van der Waals surface area contributed by atoms with Crippen molar-refractivity contribution in [3.8, 4) is 33.3 Å². The van der Waals surface area contributed by atoms with E-state index in [2.05, 4.69) is 56.6 Å². The van der Waals surface area contributed by atoms with Crippen LogP contribution in [0.25, 0.3) is 21.7 Å². The van der Waals surface area contributed by atoms with E-state index in [1.165, 1.54) is 43.5 Å². The van der Waals surface area contributed by atoms with Crippen molar-refractivity contribution >= 4 is 34.7 Å². The van der Waals surface area contributed by atoms with Crippen molar-refractivity contribution < 1.29 is 29.1 Å². The lowest BCUT2D eigenvalue weighted by molar-refractivity contribution is -0.141. The number of carbonyl (C=O) groups excluding carboxylic acids is 2. The van der Waals surface area contributed by atoms with E-state index in [0.717, 1.165) is 98.0 Å². The first-order chi connectivity index (χ1) is 34.9. The molecule has 4 N–H and O–H groups in total. The summed E-state index contributed by atoms with van der Waals surface area (Å²) in [6, 6.07) is 19.1. The number of nitrogens with zero attached hydrogens (tertiary/aromatic N) is 9. The van der Waals surface area contributed by atoms with Gasteiger partial charge in [0.25, 0.3) is 5.88 Å². The lowest BCUT2D eigenvalue weighted by Gasteiger charge is -2.49. The monoisotopic (exact) mass is 1000 g/mol. The van der Waals surface area contributed by atoms with Gasteiger partial charge in [-0.15, -0.1) is 21.5 Å². The van der Waals surface area contributed by atoms with Gasteiger partial charge < -0.3 is 44.8 Å². The lowest BCUT2D eigenvalue weighted by Crippen LogP contribution is -2.61. The Morgan fingerprint density at radius 2 is 1.68 bits per heavy atom. The van der Waals surface area contributed by atoms with Gasteiger partial charge in [0.15, 0.2) is 11.6 Å². The smallest absolute Gasteiger partial charge is 0.254 e. The summed E-state index contributed by atoms with van der Waals surface area (Å²) < 4.78 is 11.8. The molecule has 17 nitrogen and oxygen atoms in total. The Hall–Kier alpha value is -5.66. The van der Waals surface area contributed by atoms with E-state index in [1.807, 2.05) is 75.7 Å². The zero-order valence-corrected chi connectivity index (χ0v) is 43.0. The number of para-hydroxylation sites is 1. The average Bonchev–Trinajstić information content (AvgIpc) is 4.16. The number of likely N-dealkylation sites (tertiary alicyclic amines) is 3. The Labute approximate surface area is 426 Å². The first-order valence-electron chi connectivity index (χ1n) is 26.2. The SMILES string of the molecule is Cc1ncsc1-c1ccc([C@H](C)NC(=O)[C@@H]2C[C@@H](O)CN2C(=O)[C@@H](c2cc(OCCN3CCC(CCN4CCC(N5CCN6c7cc(-c8ccccc8O)nnc7NC[C@H]6C5)CC4)CC3)no2)C(C)C)cc1. The number of aromatic hydroxyl groups is 1. The number of anilines is 2. The number of hydrogen-bond acceptors (Lipinski definition) is 16. The van der Waals surface area contributed by atoms with Gasteiger partial charge >= 0.3 is 0 Å². The number of rotatable bonds is 16. The first-order valence-corrected chi connectivity index (χ1v) is 27.1. The van der Waals surface area contributed by atoms with Crippen LogP contribution in [0.4, 0.5) is 11.5 Å². The molecule has 0 unspecified atom stereocenters. The number of hydrogen-bond donors (Lipinski definition) is 4. The Morgan fingerprint density at radius 3 is 2.43 bits per heavy atom. The molecule has 0 spiro atoms. The third-order valence-electron chi connectivity index (χ3n) is 16.0. The van der Waals surface area contributed by atoms with Crippen LogP contribution in [0.2, 0.25) is 0 Å². The van der Waals surface area contributed by atoms with E-state index in [-0.39, 0.29) is 42.5 Å². The molecule has 18 heteroatoms. The third kappa shape index (κ3) is 11.1. The minimum Gasteiger partial charge on any atom is -0.507 e. The number of amides is 2. The summed E-state index contributed by atoms with van der Waals surface area (Å²) in [4.78, 5) is 45.3. The molecule has 5 aliphatic heterocycles. The number of aryl methyl sites for hydroxylation is 1. The van der Waals surface area contributed by atoms with Crippen LogP contribution < -0.4 is 20.3 Å². The Balaban J connectivity index is 0.629. The zero-order chi connectivity index (χ0) is 49.9. The summed E-state index contributed by atoms with van der Waals surface area (Å²) in [6.45, 7) is 18.6. The molecule has 3 aromatic heterocycles. The Morgan fingerprint density at radius 1 is 0.917 bits per heavy atom. The van der Waals surface area contributed by atoms with Crippen LogP contribution in [0.15, 0.2) is 70.7 Å². The van der Waals surface area contributed by atoms with E-state index in [0.29, 0.717) is 41.6 Å². The maximum atomic E-state index is 14.2. The highest BCUT2D eigenvalue weighted by atomic mass is 32.1. The molecule has 5 aromatic rings. The molecule has 5 aliphatic rings. The van der Waals surface area contributed by atoms with Crippen molar-refractivity contribution in [2.75, 3.05) is 88.8 Å². The number of thiazole rings is 1. The van der Waals surface area contributed by atoms with Gasteiger partial charge in [0.1, 0.15) is 24.3 Å². The van der Waals surface area contributed by atoms with Crippen molar-refractivity contribution in [3.05, 3.63) is 83.2 Å². The molecule has 0 radical (unpaired) electrons. The summed E-state index contributed by atoms with van der Waals surface area (Å²) in [6.07, 6.45) is 5.41. The number of fused-ring (bicyclic) bond motifs is 3. The van der Waals surface area contributed by atoms with Gasteiger partial charge in [-0.2, -0.15) is 0 Å². The second-order valence-corrected chi connectivity index (χ2v) is 21.9. The largest absolute Gasteiger partial charge is 0.507 e. The summed E-state index contributed by atoms with van der Waals surface area (Å²) in [5.74, 6) is 1.10. The number of aliphatic hydroxyl groups excluding tert-OH is 1. The number of carbonyl (C=O) groups is 2. The molecule has 384 valence electrons. The van der Waals surface area contributed by atoms with Crippen molar-refractivity contribution in [1.29, 1.82) is 0 Å². The molecule has 10 rings (SSSR count). The Kier molecular flexibility index (Phi) is 15.4. The van der Waals surface area contributed by atoms with Gasteiger partial charge in [-0.1, -0.05) is 50.2 Å². The van der Waals surface area contributed by atoms with Crippen molar-refractivity contribution in [2.45, 2.75) is 102 Å². The van der Waals surface area contributed by atoms with Crippen LogP contribution >= 0.6 is 11.3 Å². The predicted octanol–water partition coefficient (Wildman–Crippen LogP) is 6.41. The molecular formula is C54H71N11O6S. The maximum absolute atomic E-state index is 14.2. The van der Waals surface area contributed by atoms with Gasteiger partial charge in [-0.05, 0) is 125 Å². The number of phenolic OH excluding ortho intramolecular Hbond substituents is 1. The van der Waals surface area contributed by atoms with Crippen molar-refractivity contribution in [1.82, 2.24) is 45.3 Å². The van der Waals surface area contributed by atoms with E-state index in [9.17, 15) is 19.8 Å². The van der Waals surface area contributed by atoms with Gasteiger partial charge in [-0.25, -0.2) is 4.98 Å². The molecule has 72 heavy (non-hydrogen) atoms. The van der Waals surface area contributed by atoms with Gasteiger partial charge in [-0.3, -0.25) is 19.4 Å². The van der Waals surface area contributed by atoms with Crippen LogP contribution in [-0.2, 0) is 9.59 Å². The zero-order valence-electron chi connectivity index (χ0n) is 42.2. The van der Waals surface area contributed by atoms with E-state index >= 15 is 0 Å². The summed E-state index contributed by atoms with van der Waals surface area (Å²) in [7, 11) is 0. The fourth-order valence-corrected chi connectivity index (χ4v) is 12.5. The topological polar surface area (TPSA) is 189 Å². The number of ether oxygens (including phenoxy) is 1. The van der Waals surface area contributed by atoms with Gasteiger partial charge in [0.05, 0.1) is 45.7 Å². The molecule has 5 atom stereocenters. The lowest BCUT2D eigenvalue weighted by atomic mass is 9.91. The molecule has 2 amide bonds. The molecule has 4 saturated heterocycles. The molecule has 0 bridgehead atoms. The average molecular weight is 1000 g/mol.